The van der Waals surface area contributed by atoms with E-state index in [0.29, 0.717) is 18.8 Å². The Kier molecular flexibility index (Phi) is 4.37. The van der Waals surface area contributed by atoms with Gasteiger partial charge in [0.1, 0.15) is 5.54 Å². The molecule has 0 spiro atoms. The van der Waals surface area contributed by atoms with Gasteiger partial charge in [0.05, 0.1) is 0 Å². The highest BCUT2D eigenvalue weighted by molar-refractivity contribution is 5.86. The molecular formula is C12H22N2O3. The van der Waals surface area contributed by atoms with Crippen molar-refractivity contribution < 1.29 is 14.7 Å². The maximum Gasteiger partial charge on any atom is 0.329 e. The summed E-state index contributed by atoms with van der Waals surface area (Å²) in [7, 11) is 0. The van der Waals surface area contributed by atoms with Crippen molar-refractivity contribution in [3.63, 3.8) is 0 Å². The van der Waals surface area contributed by atoms with Crippen LogP contribution in [-0.4, -0.2) is 28.7 Å². The van der Waals surface area contributed by atoms with Crippen molar-refractivity contribution in [2.75, 3.05) is 0 Å². The summed E-state index contributed by atoms with van der Waals surface area (Å²) >= 11 is 0. The summed E-state index contributed by atoms with van der Waals surface area (Å²) in [6, 6.07) is -0.149. The summed E-state index contributed by atoms with van der Waals surface area (Å²) in [5.41, 5.74) is -1.17. The number of carbonyl (C=O) groups excluding carboxylic acids is 1. The highest BCUT2D eigenvalue weighted by Gasteiger charge is 2.39. The first kappa shape index (κ1) is 13.8. The fraction of sp³-hybridized carbons (Fsp3) is 0.833. The average Bonchev–Trinajstić information content (AvgIpc) is 2.96. The number of nitrogens with one attached hydrogen (secondary N) is 2. The molecule has 3 atom stereocenters. The molecule has 0 heterocycles. The second-order valence-electron chi connectivity index (χ2n) is 5.00. The third kappa shape index (κ3) is 3.61. The van der Waals surface area contributed by atoms with E-state index in [-0.39, 0.29) is 12.1 Å². The van der Waals surface area contributed by atoms with Crippen LogP contribution in [0.3, 0.4) is 0 Å². The molecule has 0 aromatic rings. The zero-order chi connectivity index (χ0) is 13.1. The van der Waals surface area contributed by atoms with Crippen LogP contribution < -0.4 is 10.6 Å². The summed E-state index contributed by atoms with van der Waals surface area (Å²) < 4.78 is 0. The summed E-state index contributed by atoms with van der Waals surface area (Å²) in [4.78, 5) is 22.8. The topological polar surface area (TPSA) is 78.4 Å². The van der Waals surface area contributed by atoms with Crippen molar-refractivity contribution in [3.05, 3.63) is 0 Å². The second-order valence-corrected chi connectivity index (χ2v) is 5.00. The van der Waals surface area contributed by atoms with Gasteiger partial charge in [-0.15, -0.1) is 0 Å². The van der Waals surface area contributed by atoms with E-state index in [1.807, 2.05) is 6.92 Å². The molecule has 1 aliphatic carbocycles. The molecule has 0 aliphatic heterocycles. The van der Waals surface area contributed by atoms with Crippen molar-refractivity contribution >= 4 is 12.0 Å². The van der Waals surface area contributed by atoms with Gasteiger partial charge in [-0.1, -0.05) is 26.7 Å². The first-order valence-electron chi connectivity index (χ1n) is 6.25. The molecule has 17 heavy (non-hydrogen) atoms. The fourth-order valence-corrected chi connectivity index (χ4v) is 2.05. The van der Waals surface area contributed by atoms with E-state index in [1.165, 1.54) is 0 Å². The van der Waals surface area contributed by atoms with Gasteiger partial charge in [0.2, 0.25) is 0 Å². The molecule has 98 valence electrons. The number of amides is 2. The Bertz CT molecular complexity index is 306. The van der Waals surface area contributed by atoms with Crippen LogP contribution >= 0.6 is 0 Å². The maximum absolute atomic E-state index is 11.7. The Hall–Kier alpha value is -1.26. The monoisotopic (exact) mass is 242 g/mol. The highest BCUT2D eigenvalue weighted by Crippen LogP contribution is 2.33. The quantitative estimate of drug-likeness (QED) is 0.663. The minimum Gasteiger partial charge on any atom is -0.480 e. The molecule has 0 bridgehead atoms. The van der Waals surface area contributed by atoms with E-state index in [1.54, 1.807) is 6.92 Å². The number of hydrogen-bond donors (Lipinski definition) is 3. The smallest absolute Gasteiger partial charge is 0.329 e. The van der Waals surface area contributed by atoms with Crippen molar-refractivity contribution in [1.29, 1.82) is 0 Å². The molecule has 1 rings (SSSR count). The Morgan fingerprint density at radius 2 is 2.06 bits per heavy atom. The van der Waals surface area contributed by atoms with Crippen LogP contribution in [0.2, 0.25) is 0 Å². The van der Waals surface area contributed by atoms with Gasteiger partial charge in [-0.2, -0.15) is 0 Å². The molecule has 5 nitrogen and oxygen atoms in total. The molecule has 0 aromatic heterocycles. The van der Waals surface area contributed by atoms with Crippen LogP contribution in [-0.2, 0) is 4.79 Å². The number of urea groups is 1. The molecule has 0 radical (unpaired) electrons. The lowest BCUT2D eigenvalue weighted by atomic mass is 9.97. The van der Waals surface area contributed by atoms with Gasteiger partial charge in [0, 0.05) is 6.04 Å². The third-order valence-corrected chi connectivity index (χ3v) is 3.37. The van der Waals surface area contributed by atoms with E-state index in [9.17, 15) is 9.59 Å². The van der Waals surface area contributed by atoms with Gasteiger partial charge in [-0.3, -0.25) is 0 Å². The summed E-state index contributed by atoms with van der Waals surface area (Å²) in [6.07, 6.45) is 3.19. The minimum atomic E-state index is -1.17. The standard InChI is InChI=1S/C12H22N2O3/c1-4-6-12(3,10(15)16)14-11(17)13-9-7-8(9)5-2/h8-9H,4-7H2,1-3H3,(H,15,16)(H2,13,14,17). The van der Waals surface area contributed by atoms with E-state index >= 15 is 0 Å². The van der Waals surface area contributed by atoms with Gasteiger partial charge < -0.3 is 15.7 Å². The molecule has 0 aromatic carbocycles. The van der Waals surface area contributed by atoms with Crippen LogP contribution in [0.4, 0.5) is 4.79 Å². The summed E-state index contributed by atoms with van der Waals surface area (Å²) in [6.45, 7) is 5.53. The molecular weight excluding hydrogens is 220 g/mol. The average molecular weight is 242 g/mol. The van der Waals surface area contributed by atoms with Crippen LogP contribution in [0.15, 0.2) is 0 Å². The largest absolute Gasteiger partial charge is 0.480 e. The third-order valence-electron chi connectivity index (χ3n) is 3.37. The number of aliphatic carboxylic acids is 1. The minimum absolute atomic E-state index is 0.222. The molecule has 2 amide bonds. The molecule has 1 aliphatic rings. The first-order chi connectivity index (χ1) is 7.92. The Labute approximate surface area is 102 Å². The van der Waals surface area contributed by atoms with Crippen molar-refractivity contribution in [2.24, 2.45) is 5.92 Å². The molecule has 3 N–H and O–H groups in total. The maximum atomic E-state index is 11.7. The van der Waals surface area contributed by atoms with Crippen molar-refractivity contribution in [1.82, 2.24) is 10.6 Å². The van der Waals surface area contributed by atoms with Gasteiger partial charge in [-0.25, -0.2) is 9.59 Å². The SMILES string of the molecule is CCCC(C)(NC(=O)NC1CC1CC)C(=O)O. The van der Waals surface area contributed by atoms with E-state index in [0.717, 1.165) is 12.8 Å². The predicted molar refractivity (Wildman–Crippen MR) is 64.8 cm³/mol. The van der Waals surface area contributed by atoms with Gasteiger partial charge in [0.15, 0.2) is 0 Å². The lowest BCUT2D eigenvalue weighted by Gasteiger charge is -2.25. The Balaban J connectivity index is 2.45. The fourth-order valence-electron chi connectivity index (χ4n) is 2.05. The number of carboxylic acids is 1. The second kappa shape index (κ2) is 5.38. The van der Waals surface area contributed by atoms with Crippen molar-refractivity contribution in [3.8, 4) is 0 Å². The Morgan fingerprint density at radius 3 is 2.47 bits per heavy atom. The van der Waals surface area contributed by atoms with Crippen LogP contribution in [0.25, 0.3) is 0 Å². The van der Waals surface area contributed by atoms with Crippen LogP contribution in [0.5, 0.6) is 0 Å². The van der Waals surface area contributed by atoms with Gasteiger partial charge >= 0.3 is 12.0 Å². The normalized spacial score (nSPS) is 25.8. The van der Waals surface area contributed by atoms with Crippen LogP contribution in [0.1, 0.15) is 46.5 Å². The zero-order valence-electron chi connectivity index (χ0n) is 10.7. The van der Waals surface area contributed by atoms with E-state index < -0.39 is 11.5 Å². The van der Waals surface area contributed by atoms with E-state index in [4.69, 9.17) is 5.11 Å². The predicted octanol–water partition coefficient (Wildman–Crippen LogP) is 1.73. The molecule has 1 fully saturated rings. The number of hydrogen-bond acceptors (Lipinski definition) is 2. The first-order valence-corrected chi connectivity index (χ1v) is 6.25. The number of carboxylic acid groups (broad SMARTS) is 1. The van der Waals surface area contributed by atoms with E-state index in [2.05, 4.69) is 17.6 Å². The molecule has 5 heteroatoms. The number of rotatable bonds is 6. The summed E-state index contributed by atoms with van der Waals surface area (Å²) in [5, 5.41) is 14.5. The summed E-state index contributed by atoms with van der Waals surface area (Å²) in [5.74, 6) is -0.430. The lowest BCUT2D eigenvalue weighted by molar-refractivity contribution is -0.144. The van der Waals surface area contributed by atoms with Crippen molar-refractivity contribution in [2.45, 2.75) is 58.0 Å². The zero-order valence-corrected chi connectivity index (χ0v) is 10.7. The molecule has 3 unspecified atom stereocenters. The Morgan fingerprint density at radius 1 is 1.41 bits per heavy atom. The van der Waals surface area contributed by atoms with Crippen LogP contribution in [0, 0.1) is 5.92 Å². The molecule has 1 saturated carbocycles. The molecule has 0 saturated heterocycles. The lowest BCUT2D eigenvalue weighted by Crippen LogP contribution is -2.55. The van der Waals surface area contributed by atoms with Gasteiger partial charge in [-0.05, 0) is 25.7 Å². The highest BCUT2D eigenvalue weighted by atomic mass is 16.4. The number of carbonyl (C=O) groups is 2. The van der Waals surface area contributed by atoms with Gasteiger partial charge in [0.25, 0.3) is 0 Å².